The number of quaternary nitrogens is 1. The van der Waals surface area contributed by atoms with E-state index in [-0.39, 0.29) is 26.1 Å². The molecule has 0 aliphatic rings. The van der Waals surface area contributed by atoms with E-state index in [0.29, 0.717) is 23.9 Å². The third kappa shape index (κ3) is 65.0. The number of carbonyl (C=O) groups is 2. The number of hydrogen-bond acceptors (Lipinski definition) is 7. The van der Waals surface area contributed by atoms with Gasteiger partial charge >= 0.3 is 19.8 Å². The first-order valence-corrected chi connectivity index (χ1v) is 34.1. The van der Waals surface area contributed by atoms with Gasteiger partial charge in [0.15, 0.2) is 6.10 Å². The Labute approximate surface area is 503 Å². The van der Waals surface area contributed by atoms with Crippen LogP contribution in [0.1, 0.15) is 245 Å². The highest BCUT2D eigenvalue weighted by atomic mass is 31.2. The van der Waals surface area contributed by atoms with Crippen molar-refractivity contribution >= 4 is 19.8 Å². The summed E-state index contributed by atoms with van der Waals surface area (Å²) in [5.74, 6) is -0.898. The molecule has 0 aromatic heterocycles. The second-order valence-corrected chi connectivity index (χ2v) is 23.8. The molecule has 466 valence electrons. The molecule has 0 spiro atoms. The van der Waals surface area contributed by atoms with E-state index in [0.717, 1.165) is 96.3 Å². The molecular weight excluding hydrogens is 1040 g/mol. The topological polar surface area (TPSA) is 108 Å². The highest BCUT2D eigenvalue weighted by Crippen LogP contribution is 2.43. The lowest BCUT2D eigenvalue weighted by molar-refractivity contribution is -0.870. The fraction of sp³-hybridized carbons (Fsp3) is 0.639. The van der Waals surface area contributed by atoms with Crippen LogP contribution in [0.25, 0.3) is 0 Å². The van der Waals surface area contributed by atoms with Gasteiger partial charge in [-0.3, -0.25) is 18.6 Å². The van der Waals surface area contributed by atoms with Crippen LogP contribution in [0.15, 0.2) is 146 Å². The van der Waals surface area contributed by atoms with E-state index in [1.54, 1.807) is 0 Å². The van der Waals surface area contributed by atoms with Gasteiger partial charge in [-0.2, -0.15) is 0 Å². The van der Waals surface area contributed by atoms with Gasteiger partial charge in [0.05, 0.1) is 27.7 Å². The molecule has 0 aromatic rings. The highest BCUT2D eigenvalue weighted by molar-refractivity contribution is 7.47. The number of phosphoric acid groups is 1. The Balaban J connectivity index is 4.06. The second-order valence-electron chi connectivity index (χ2n) is 22.4. The van der Waals surface area contributed by atoms with E-state index < -0.39 is 32.5 Å². The Hall–Kier alpha value is -4.11. The smallest absolute Gasteiger partial charge is 0.462 e. The zero-order valence-corrected chi connectivity index (χ0v) is 53.8. The monoisotopic (exact) mass is 1160 g/mol. The summed E-state index contributed by atoms with van der Waals surface area (Å²) in [6.45, 7) is 4.11. The number of hydrogen-bond donors (Lipinski definition) is 1. The van der Waals surface area contributed by atoms with Gasteiger partial charge in [-0.15, -0.1) is 0 Å². The Morgan fingerprint density at radius 3 is 1.02 bits per heavy atom. The van der Waals surface area contributed by atoms with Crippen LogP contribution in [-0.2, 0) is 32.7 Å². The summed E-state index contributed by atoms with van der Waals surface area (Å²) >= 11 is 0. The molecule has 0 saturated carbocycles. The average Bonchev–Trinajstić information content (AvgIpc) is 3.46. The molecule has 1 N–H and O–H groups in total. The molecule has 0 rings (SSSR count). The van der Waals surface area contributed by atoms with E-state index in [9.17, 15) is 19.0 Å². The summed E-state index contributed by atoms with van der Waals surface area (Å²) in [5.41, 5.74) is 0. The molecule has 2 unspecified atom stereocenters. The third-order valence-electron chi connectivity index (χ3n) is 13.4. The van der Waals surface area contributed by atoms with Crippen molar-refractivity contribution in [3.63, 3.8) is 0 Å². The van der Waals surface area contributed by atoms with E-state index in [2.05, 4.69) is 148 Å². The van der Waals surface area contributed by atoms with E-state index in [4.69, 9.17) is 18.5 Å². The van der Waals surface area contributed by atoms with Crippen molar-refractivity contribution in [3.05, 3.63) is 146 Å². The molecule has 0 heterocycles. The molecule has 9 nitrogen and oxygen atoms in total. The predicted molar refractivity (Wildman–Crippen MR) is 353 cm³/mol. The molecule has 0 bridgehead atoms. The number of ether oxygens (including phenoxy) is 2. The molecule has 0 aliphatic heterocycles. The first kappa shape index (κ1) is 77.9. The van der Waals surface area contributed by atoms with Crippen molar-refractivity contribution in [3.8, 4) is 0 Å². The molecule has 0 radical (unpaired) electrons. The zero-order valence-electron chi connectivity index (χ0n) is 52.9. The normalized spacial score (nSPS) is 14.2. The van der Waals surface area contributed by atoms with Crippen LogP contribution < -0.4 is 0 Å². The van der Waals surface area contributed by atoms with Crippen molar-refractivity contribution in [2.45, 2.75) is 251 Å². The highest BCUT2D eigenvalue weighted by Gasteiger charge is 2.27. The zero-order chi connectivity index (χ0) is 59.8. The van der Waals surface area contributed by atoms with Gasteiger partial charge < -0.3 is 18.9 Å². The van der Waals surface area contributed by atoms with Crippen molar-refractivity contribution in [1.29, 1.82) is 0 Å². The van der Waals surface area contributed by atoms with E-state index >= 15 is 0 Å². The van der Waals surface area contributed by atoms with Crippen molar-refractivity contribution < 1.29 is 42.1 Å². The minimum Gasteiger partial charge on any atom is -0.462 e. The summed E-state index contributed by atoms with van der Waals surface area (Å²) < 4.78 is 34.5. The quantitative estimate of drug-likeness (QED) is 0.0211. The van der Waals surface area contributed by atoms with Gasteiger partial charge in [0, 0.05) is 12.8 Å². The fourth-order valence-corrected chi connectivity index (χ4v) is 9.20. The molecule has 0 fully saturated rings. The molecule has 82 heavy (non-hydrogen) atoms. The molecule has 0 aromatic carbocycles. The van der Waals surface area contributed by atoms with Crippen molar-refractivity contribution in [2.24, 2.45) is 0 Å². The molecule has 2 atom stereocenters. The average molecular weight is 1160 g/mol. The molecule has 10 heteroatoms. The SMILES string of the molecule is CC/C=C\C/C=C\C/C=C\C/C=C\C/C=C\C/C=C\CCCCCCCCCCCCCCCCCCCCCCC(=O)OC(COC(=O)CC/C=C\C/C=C\C/C=C\C/C=C\C/C=C\C/C=C\CC)COP(=O)(O)OCC[N+](C)(C)C. The number of rotatable bonds is 58. The summed E-state index contributed by atoms with van der Waals surface area (Å²) in [6.07, 6.45) is 91.1. The van der Waals surface area contributed by atoms with E-state index in [1.165, 1.54) is 109 Å². The summed E-state index contributed by atoms with van der Waals surface area (Å²) in [5, 5.41) is 0. The Morgan fingerprint density at radius 2 is 0.683 bits per heavy atom. The number of nitrogens with zero attached hydrogens (tertiary/aromatic N) is 1. The number of phosphoric ester groups is 1. The van der Waals surface area contributed by atoms with Gasteiger partial charge in [0.25, 0.3) is 0 Å². The molecule has 0 amide bonds. The van der Waals surface area contributed by atoms with Crippen LogP contribution in [-0.4, -0.2) is 74.9 Å². The fourth-order valence-electron chi connectivity index (χ4n) is 8.46. The van der Waals surface area contributed by atoms with Gasteiger partial charge in [-0.25, -0.2) is 4.57 Å². The molecule has 0 saturated heterocycles. The van der Waals surface area contributed by atoms with Crippen LogP contribution in [0.2, 0.25) is 0 Å². The van der Waals surface area contributed by atoms with Gasteiger partial charge in [0.2, 0.25) is 0 Å². The van der Waals surface area contributed by atoms with E-state index in [1.807, 2.05) is 33.3 Å². The first-order valence-electron chi connectivity index (χ1n) is 32.6. The lowest BCUT2D eigenvalue weighted by atomic mass is 10.0. The van der Waals surface area contributed by atoms with Crippen molar-refractivity contribution in [2.75, 3.05) is 47.5 Å². The lowest BCUT2D eigenvalue weighted by Crippen LogP contribution is -2.37. The molecule has 0 aliphatic carbocycles. The minimum atomic E-state index is -4.41. The lowest BCUT2D eigenvalue weighted by Gasteiger charge is -2.24. The molecular formula is C72H121NO8P+. The van der Waals surface area contributed by atoms with Crippen LogP contribution >= 0.6 is 7.82 Å². The third-order valence-corrected chi connectivity index (χ3v) is 14.4. The minimum absolute atomic E-state index is 0.0148. The maximum Gasteiger partial charge on any atom is 0.472 e. The van der Waals surface area contributed by atoms with Crippen molar-refractivity contribution in [1.82, 2.24) is 0 Å². The summed E-state index contributed by atoms with van der Waals surface area (Å²) in [7, 11) is 1.43. The number of carbonyl (C=O) groups excluding carboxylic acids is 2. The van der Waals surface area contributed by atoms with Crippen LogP contribution in [0.3, 0.4) is 0 Å². The Morgan fingerprint density at radius 1 is 0.378 bits per heavy atom. The van der Waals surface area contributed by atoms with Crippen LogP contribution in [0, 0.1) is 0 Å². The number of likely N-dealkylation sites (N-methyl/N-ethyl adjacent to an activating group) is 1. The summed E-state index contributed by atoms with van der Waals surface area (Å²) in [6, 6.07) is 0. The Bertz CT molecular complexity index is 1890. The first-order chi connectivity index (χ1) is 40.0. The Kier molecular flexibility index (Phi) is 58.4. The number of esters is 2. The van der Waals surface area contributed by atoms with Crippen LogP contribution in [0.4, 0.5) is 0 Å². The van der Waals surface area contributed by atoms with Crippen LogP contribution in [0.5, 0.6) is 0 Å². The van der Waals surface area contributed by atoms with Gasteiger partial charge in [-0.05, 0) is 103 Å². The maximum absolute atomic E-state index is 12.8. The van der Waals surface area contributed by atoms with Gasteiger partial charge in [0.1, 0.15) is 19.8 Å². The largest absolute Gasteiger partial charge is 0.472 e. The second kappa shape index (κ2) is 61.5. The maximum atomic E-state index is 12.8. The number of allylic oxidation sites excluding steroid dienone is 24. The number of unbranched alkanes of at least 4 members (excludes halogenated alkanes) is 20. The van der Waals surface area contributed by atoms with Gasteiger partial charge in [-0.1, -0.05) is 275 Å². The summed E-state index contributed by atoms with van der Waals surface area (Å²) in [4.78, 5) is 35.7. The predicted octanol–water partition coefficient (Wildman–Crippen LogP) is 21.0. The standard InChI is InChI=1S/C72H120NO8P/c1-6-8-10-12-14-16-18-20-22-24-26-27-28-29-30-31-32-33-34-35-36-37-38-39-40-41-42-43-44-45-47-49-51-53-55-57-59-61-63-65-72(75)81-70(69-80-82(76,77)79-67-66-73(3,4)5)68-78-71(74)64-62-60-58-56-54-52-50-48-46-25-23-21-19-17-15-13-11-9-7-2/h8-11,14-17,20-23,26-27,29-30,32-33,46,48,52,54,58,60,70H,6-7,12-13,18-19,24-25,28,31,34-45,47,49-51,53,55-57,59,61-69H2,1-5H3/p+1/b10-8-,11-9-,16-14-,17-15-,22-20-,23-21-,27-26-,30-29-,33-32-,48-46-,54-52-,60-58-.